The Labute approximate surface area is 189 Å². The number of hydrogen-bond donors (Lipinski definition) is 1. The Bertz CT molecular complexity index is 1260. The van der Waals surface area contributed by atoms with Gasteiger partial charge < -0.3 is 4.90 Å². The van der Waals surface area contributed by atoms with Crippen LogP contribution in [-0.2, 0) is 10.0 Å². The number of sulfonamides is 1. The molecule has 0 amide bonds. The van der Waals surface area contributed by atoms with E-state index >= 15 is 0 Å². The van der Waals surface area contributed by atoms with Gasteiger partial charge in [-0.3, -0.25) is 9.71 Å². The quantitative estimate of drug-likeness (QED) is 0.510. The predicted octanol–water partition coefficient (Wildman–Crippen LogP) is 6.06. The zero-order valence-electron chi connectivity index (χ0n) is 17.3. The summed E-state index contributed by atoms with van der Waals surface area (Å²) >= 11 is 0. The Morgan fingerprint density at radius 3 is 2.39 bits per heavy atom. The molecule has 3 aromatic rings. The minimum atomic E-state index is -3.78. The van der Waals surface area contributed by atoms with Crippen LogP contribution in [0.25, 0.3) is 10.8 Å². The lowest BCUT2D eigenvalue weighted by molar-refractivity contribution is 0.602. The number of benzene rings is 3. The van der Waals surface area contributed by atoms with Gasteiger partial charge in [0.15, 0.2) is 0 Å². The largest absolute Gasteiger partial charge is 0.322 e. The van der Waals surface area contributed by atoms with Crippen LogP contribution >= 0.6 is 12.4 Å². The minimum absolute atomic E-state index is 0. The molecule has 5 nitrogen and oxygen atoms in total. The number of aliphatic imine (C=N–C) groups is 1. The third-order valence-corrected chi connectivity index (χ3v) is 6.41. The van der Waals surface area contributed by atoms with Crippen molar-refractivity contribution in [3.8, 4) is 0 Å². The highest BCUT2D eigenvalue weighted by Gasteiger charge is 2.21. The Morgan fingerprint density at radius 2 is 1.61 bits per heavy atom. The van der Waals surface area contributed by atoms with Crippen molar-refractivity contribution in [2.24, 2.45) is 4.99 Å². The molecule has 0 bridgehead atoms. The zero-order valence-corrected chi connectivity index (χ0v) is 18.9. The van der Waals surface area contributed by atoms with Crippen molar-refractivity contribution in [2.75, 3.05) is 9.62 Å². The van der Waals surface area contributed by atoms with E-state index in [0.29, 0.717) is 11.1 Å². The fourth-order valence-electron chi connectivity index (χ4n) is 3.56. The molecular formula is C24H24ClN3O2S. The van der Waals surface area contributed by atoms with Crippen LogP contribution in [0.3, 0.4) is 0 Å². The van der Waals surface area contributed by atoms with E-state index in [0.717, 1.165) is 16.6 Å². The van der Waals surface area contributed by atoms with Crippen molar-refractivity contribution in [3.63, 3.8) is 0 Å². The molecule has 1 aliphatic heterocycles. The van der Waals surface area contributed by atoms with Crippen LogP contribution in [0.1, 0.15) is 25.3 Å². The summed E-state index contributed by atoms with van der Waals surface area (Å²) in [7, 11) is -3.78. The molecule has 0 aromatic heterocycles. The van der Waals surface area contributed by atoms with Crippen LogP contribution in [0.2, 0.25) is 0 Å². The third-order valence-electron chi connectivity index (χ3n) is 4.99. The summed E-state index contributed by atoms with van der Waals surface area (Å²) in [5.41, 5.74) is 2.45. The first-order valence-electron chi connectivity index (χ1n) is 9.76. The van der Waals surface area contributed by atoms with E-state index in [2.05, 4.69) is 9.71 Å². The molecule has 0 radical (unpaired) electrons. The highest BCUT2D eigenvalue weighted by atomic mass is 35.5. The normalized spacial score (nSPS) is 13.3. The molecule has 4 rings (SSSR count). The molecular weight excluding hydrogens is 430 g/mol. The molecule has 160 valence electrons. The second kappa shape index (κ2) is 9.37. The first-order chi connectivity index (χ1) is 14.5. The number of rotatable bonds is 5. The molecule has 0 atom stereocenters. The van der Waals surface area contributed by atoms with E-state index in [-0.39, 0.29) is 23.2 Å². The van der Waals surface area contributed by atoms with Crippen molar-refractivity contribution in [2.45, 2.75) is 24.7 Å². The molecule has 0 fully saturated rings. The Kier molecular flexibility index (Phi) is 6.83. The summed E-state index contributed by atoms with van der Waals surface area (Å²) < 4.78 is 29.5. The standard InChI is InChI=1S/C24H23N3O2S.ClH/c1-18(2)19-8-5-6-11-22(19)26-30(28,29)24-13-12-23(20-9-3-4-10-21(20)24)27-16-7-14-25-15-17-27;/h3-18,26H,1-2H3;1H. The van der Waals surface area contributed by atoms with Crippen molar-refractivity contribution in [1.82, 2.24) is 0 Å². The van der Waals surface area contributed by atoms with E-state index in [1.807, 2.05) is 85.8 Å². The summed E-state index contributed by atoms with van der Waals surface area (Å²) in [5.74, 6) is 0.201. The maximum absolute atomic E-state index is 13.4. The van der Waals surface area contributed by atoms with Gasteiger partial charge in [0.05, 0.1) is 16.3 Å². The van der Waals surface area contributed by atoms with Gasteiger partial charge in [-0.15, -0.1) is 12.4 Å². The molecule has 3 aromatic carbocycles. The topological polar surface area (TPSA) is 61.8 Å². The van der Waals surface area contributed by atoms with Gasteiger partial charge in [0.2, 0.25) is 0 Å². The lowest BCUT2D eigenvalue weighted by Crippen LogP contribution is -2.15. The molecule has 7 heteroatoms. The number of nitrogens with zero attached hydrogens (tertiary/aromatic N) is 2. The molecule has 1 N–H and O–H groups in total. The SMILES string of the molecule is CC(C)c1ccccc1NS(=O)(=O)c1ccc(N2C=CC=NC=C2)c2ccccc12.Cl. The van der Waals surface area contributed by atoms with Crippen LogP contribution in [0.5, 0.6) is 0 Å². The Balaban J connectivity index is 0.00000272. The fraction of sp³-hybridized carbons (Fsp3) is 0.125. The van der Waals surface area contributed by atoms with Gasteiger partial charge >= 0.3 is 0 Å². The summed E-state index contributed by atoms with van der Waals surface area (Å²) in [4.78, 5) is 6.29. The van der Waals surface area contributed by atoms with Crippen LogP contribution < -0.4 is 9.62 Å². The smallest absolute Gasteiger partial charge is 0.262 e. The van der Waals surface area contributed by atoms with E-state index in [1.54, 1.807) is 24.5 Å². The summed E-state index contributed by atoms with van der Waals surface area (Å²) in [6.45, 7) is 4.09. The molecule has 0 saturated carbocycles. The average molecular weight is 454 g/mol. The van der Waals surface area contributed by atoms with Gasteiger partial charge in [-0.2, -0.15) is 0 Å². The highest BCUT2D eigenvalue weighted by molar-refractivity contribution is 7.93. The molecule has 31 heavy (non-hydrogen) atoms. The lowest BCUT2D eigenvalue weighted by atomic mass is 10.0. The minimum Gasteiger partial charge on any atom is -0.322 e. The molecule has 0 aliphatic carbocycles. The summed E-state index contributed by atoms with van der Waals surface area (Å²) in [6, 6.07) is 18.5. The fourth-order valence-corrected chi connectivity index (χ4v) is 4.86. The van der Waals surface area contributed by atoms with E-state index < -0.39 is 10.0 Å². The molecule has 1 heterocycles. The van der Waals surface area contributed by atoms with Crippen molar-refractivity contribution < 1.29 is 8.42 Å². The molecule has 0 spiro atoms. The highest BCUT2D eigenvalue weighted by Crippen LogP contribution is 2.34. The van der Waals surface area contributed by atoms with Gasteiger partial charge in [-0.05, 0) is 35.8 Å². The predicted molar refractivity (Wildman–Crippen MR) is 132 cm³/mol. The van der Waals surface area contributed by atoms with Crippen molar-refractivity contribution in [1.29, 1.82) is 0 Å². The Morgan fingerprint density at radius 1 is 0.903 bits per heavy atom. The van der Waals surface area contributed by atoms with Crippen LogP contribution in [0.4, 0.5) is 11.4 Å². The van der Waals surface area contributed by atoms with Crippen LogP contribution in [-0.4, -0.2) is 14.6 Å². The van der Waals surface area contributed by atoms with Crippen molar-refractivity contribution >= 4 is 50.8 Å². The average Bonchev–Trinajstić information content (AvgIpc) is 3.02. The van der Waals surface area contributed by atoms with E-state index in [9.17, 15) is 8.42 Å². The van der Waals surface area contributed by atoms with Crippen molar-refractivity contribution in [3.05, 3.63) is 90.9 Å². The Hall–Kier alpha value is -3.09. The number of para-hydroxylation sites is 1. The van der Waals surface area contributed by atoms with Gasteiger partial charge in [0.1, 0.15) is 0 Å². The first kappa shape index (κ1) is 22.6. The van der Waals surface area contributed by atoms with Gasteiger partial charge in [-0.1, -0.05) is 56.3 Å². The number of halogens is 1. The third kappa shape index (κ3) is 4.65. The van der Waals surface area contributed by atoms with Gasteiger partial charge in [-0.25, -0.2) is 8.42 Å². The number of fused-ring (bicyclic) bond motifs is 1. The number of anilines is 2. The molecule has 0 unspecified atom stereocenters. The van der Waals surface area contributed by atoms with E-state index in [4.69, 9.17) is 0 Å². The summed E-state index contributed by atoms with van der Waals surface area (Å²) in [5, 5.41) is 1.50. The number of allylic oxidation sites excluding steroid dienone is 1. The summed E-state index contributed by atoms with van der Waals surface area (Å²) in [6.07, 6.45) is 8.97. The van der Waals surface area contributed by atoms with Crippen LogP contribution in [0, 0.1) is 0 Å². The molecule has 0 saturated heterocycles. The zero-order chi connectivity index (χ0) is 21.1. The maximum atomic E-state index is 13.4. The second-order valence-corrected chi connectivity index (χ2v) is 8.97. The lowest BCUT2D eigenvalue weighted by Gasteiger charge is -2.20. The number of hydrogen-bond acceptors (Lipinski definition) is 4. The maximum Gasteiger partial charge on any atom is 0.262 e. The first-order valence-corrected chi connectivity index (χ1v) is 11.2. The van der Waals surface area contributed by atoms with E-state index in [1.165, 1.54) is 0 Å². The monoisotopic (exact) mass is 453 g/mol. The molecule has 1 aliphatic rings. The van der Waals surface area contributed by atoms with Gasteiger partial charge in [0.25, 0.3) is 10.0 Å². The second-order valence-electron chi connectivity index (χ2n) is 7.32. The number of nitrogens with one attached hydrogen (secondary N) is 1. The van der Waals surface area contributed by atoms with Gasteiger partial charge in [0, 0.05) is 35.6 Å². The van der Waals surface area contributed by atoms with Crippen LogP contribution in [0.15, 0.2) is 95.2 Å².